The predicted molar refractivity (Wildman–Crippen MR) is 88.8 cm³/mol. The van der Waals surface area contributed by atoms with E-state index in [4.69, 9.17) is 0 Å². The summed E-state index contributed by atoms with van der Waals surface area (Å²) < 4.78 is 14.2. The Bertz CT molecular complexity index is 618. The van der Waals surface area contributed by atoms with Gasteiger partial charge in [-0.2, -0.15) is 0 Å². The summed E-state index contributed by atoms with van der Waals surface area (Å²) in [5.41, 5.74) is 2.46. The number of anilines is 2. The molecule has 1 heterocycles. The monoisotopic (exact) mass is 302 g/mol. The molecular weight excluding hydrogens is 279 g/mol. The van der Waals surface area contributed by atoms with Crippen molar-refractivity contribution >= 4 is 11.5 Å². The summed E-state index contributed by atoms with van der Waals surface area (Å²) in [5.74, 6) is 1.31. The van der Waals surface area contributed by atoms with Crippen LogP contribution in [0.1, 0.15) is 30.9 Å². The van der Waals surface area contributed by atoms with E-state index in [-0.39, 0.29) is 5.82 Å². The van der Waals surface area contributed by atoms with Crippen LogP contribution in [0.4, 0.5) is 15.9 Å². The van der Waals surface area contributed by atoms with E-state index >= 15 is 0 Å². The van der Waals surface area contributed by atoms with E-state index in [9.17, 15) is 4.39 Å². The molecule has 1 N–H and O–H groups in total. The first-order chi connectivity index (χ1) is 10.5. The molecule has 2 rings (SSSR count). The van der Waals surface area contributed by atoms with Crippen molar-refractivity contribution in [1.82, 2.24) is 9.97 Å². The second-order valence-corrected chi connectivity index (χ2v) is 5.25. The molecule has 0 saturated carbocycles. The summed E-state index contributed by atoms with van der Waals surface area (Å²) in [5, 5.41) is 3.22. The van der Waals surface area contributed by atoms with Crippen LogP contribution in [0.3, 0.4) is 0 Å². The number of aromatic nitrogens is 2. The van der Waals surface area contributed by atoms with Crippen LogP contribution >= 0.6 is 0 Å². The summed E-state index contributed by atoms with van der Waals surface area (Å²) in [6, 6.07) is 7.26. The Morgan fingerprint density at radius 3 is 2.41 bits per heavy atom. The minimum Gasteiger partial charge on any atom is -0.370 e. The first-order valence-corrected chi connectivity index (χ1v) is 7.63. The van der Waals surface area contributed by atoms with Gasteiger partial charge in [0.25, 0.3) is 0 Å². The smallest absolute Gasteiger partial charge is 0.146 e. The Labute approximate surface area is 131 Å². The van der Waals surface area contributed by atoms with Gasteiger partial charge in [-0.1, -0.05) is 6.07 Å². The first-order valence-electron chi connectivity index (χ1n) is 7.63. The van der Waals surface area contributed by atoms with E-state index < -0.39 is 0 Å². The number of hydrogen-bond acceptors (Lipinski definition) is 4. The van der Waals surface area contributed by atoms with Crippen LogP contribution in [0.2, 0.25) is 0 Å². The van der Waals surface area contributed by atoms with Gasteiger partial charge in [0.15, 0.2) is 0 Å². The van der Waals surface area contributed by atoms with Gasteiger partial charge >= 0.3 is 0 Å². The van der Waals surface area contributed by atoms with Crippen molar-refractivity contribution in [1.29, 1.82) is 0 Å². The maximum absolute atomic E-state index is 14.2. The van der Waals surface area contributed by atoms with Gasteiger partial charge < -0.3 is 10.2 Å². The molecule has 0 unspecified atom stereocenters. The second-order valence-electron chi connectivity index (χ2n) is 5.25. The van der Waals surface area contributed by atoms with E-state index in [2.05, 4.69) is 15.3 Å². The number of nitrogens with one attached hydrogen (secondary N) is 1. The Balaban J connectivity index is 2.09. The quantitative estimate of drug-likeness (QED) is 0.883. The van der Waals surface area contributed by atoms with E-state index in [1.807, 2.05) is 50.8 Å². The minimum absolute atomic E-state index is 0.182. The molecule has 0 radical (unpaired) electrons. The third-order valence-corrected chi connectivity index (χ3v) is 3.56. The minimum atomic E-state index is -0.182. The van der Waals surface area contributed by atoms with Crippen LogP contribution in [0.15, 0.2) is 24.3 Å². The predicted octanol–water partition coefficient (Wildman–Crippen LogP) is 3.69. The zero-order valence-corrected chi connectivity index (χ0v) is 13.7. The highest BCUT2D eigenvalue weighted by molar-refractivity contribution is 5.49. The van der Waals surface area contributed by atoms with E-state index in [0.717, 1.165) is 36.0 Å². The number of hydrogen-bond donors (Lipinski definition) is 1. The summed E-state index contributed by atoms with van der Waals surface area (Å²) >= 11 is 0. The normalized spacial score (nSPS) is 10.6. The Kier molecular flexibility index (Phi) is 5.31. The van der Waals surface area contributed by atoms with Crippen LogP contribution < -0.4 is 10.2 Å². The highest BCUT2D eigenvalue weighted by atomic mass is 19.1. The van der Waals surface area contributed by atoms with Crippen molar-refractivity contribution in [3.05, 3.63) is 47.2 Å². The Hall–Kier alpha value is -2.17. The second kappa shape index (κ2) is 7.20. The highest BCUT2D eigenvalue weighted by Crippen LogP contribution is 2.21. The third-order valence-electron chi connectivity index (χ3n) is 3.56. The maximum atomic E-state index is 14.2. The Morgan fingerprint density at radius 1 is 1.09 bits per heavy atom. The van der Waals surface area contributed by atoms with Crippen molar-refractivity contribution in [3.63, 3.8) is 0 Å². The molecule has 5 heteroatoms. The number of benzene rings is 1. The topological polar surface area (TPSA) is 41.0 Å². The van der Waals surface area contributed by atoms with Gasteiger partial charge in [0, 0.05) is 31.4 Å². The number of halogens is 1. The standard InChI is InChI=1S/C17H23FN4/c1-5-22(6-2)16-8-7-14(10-15(16)18)11-19-17-9-12(3)20-13(4)21-17/h7-10H,5-6,11H2,1-4H3,(H,19,20,21). The van der Waals surface area contributed by atoms with Crippen molar-refractivity contribution in [2.75, 3.05) is 23.3 Å². The van der Waals surface area contributed by atoms with Crippen LogP contribution in [0, 0.1) is 19.7 Å². The molecule has 22 heavy (non-hydrogen) atoms. The summed E-state index contributed by atoms with van der Waals surface area (Å²) in [6.45, 7) is 9.96. The van der Waals surface area contributed by atoms with Crippen LogP contribution in [0.5, 0.6) is 0 Å². The zero-order valence-electron chi connectivity index (χ0n) is 13.7. The van der Waals surface area contributed by atoms with E-state index in [1.54, 1.807) is 6.07 Å². The van der Waals surface area contributed by atoms with Gasteiger partial charge in [-0.15, -0.1) is 0 Å². The van der Waals surface area contributed by atoms with Gasteiger partial charge in [0.05, 0.1) is 5.69 Å². The SMILES string of the molecule is CCN(CC)c1ccc(CNc2cc(C)nc(C)n2)cc1F. The lowest BCUT2D eigenvalue weighted by Gasteiger charge is -2.22. The van der Waals surface area contributed by atoms with Crippen LogP contribution in [-0.2, 0) is 6.54 Å². The summed E-state index contributed by atoms with van der Waals surface area (Å²) in [4.78, 5) is 10.6. The molecule has 0 amide bonds. The molecule has 4 nitrogen and oxygen atoms in total. The molecule has 0 aliphatic carbocycles. The van der Waals surface area contributed by atoms with Crippen molar-refractivity contribution in [2.24, 2.45) is 0 Å². The largest absolute Gasteiger partial charge is 0.370 e. The molecule has 0 fully saturated rings. The number of rotatable bonds is 6. The molecule has 0 spiro atoms. The summed E-state index contributed by atoms with van der Waals surface area (Å²) in [6.07, 6.45) is 0. The number of aryl methyl sites for hydroxylation is 2. The van der Waals surface area contributed by atoms with E-state index in [1.165, 1.54) is 0 Å². The lowest BCUT2D eigenvalue weighted by molar-refractivity contribution is 0.618. The molecule has 0 saturated heterocycles. The zero-order chi connectivity index (χ0) is 16.1. The van der Waals surface area contributed by atoms with E-state index in [0.29, 0.717) is 12.2 Å². The van der Waals surface area contributed by atoms with Crippen molar-refractivity contribution in [3.8, 4) is 0 Å². The fourth-order valence-corrected chi connectivity index (χ4v) is 2.48. The number of nitrogens with zero attached hydrogens (tertiary/aromatic N) is 3. The van der Waals surface area contributed by atoms with Gasteiger partial charge in [-0.05, 0) is 45.4 Å². The fraction of sp³-hybridized carbons (Fsp3) is 0.412. The van der Waals surface area contributed by atoms with Gasteiger partial charge in [-0.3, -0.25) is 0 Å². The highest BCUT2D eigenvalue weighted by Gasteiger charge is 2.09. The maximum Gasteiger partial charge on any atom is 0.146 e. The molecule has 118 valence electrons. The average Bonchev–Trinajstić information content (AvgIpc) is 2.47. The molecule has 0 atom stereocenters. The lowest BCUT2D eigenvalue weighted by Crippen LogP contribution is -2.23. The summed E-state index contributed by atoms with van der Waals surface area (Å²) in [7, 11) is 0. The third kappa shape index (κ3) is 3.93. The van der Waals surface area contributed by atoms with Crippen LogP contribution in [0.25, 0.3) is 0 Å². The lowest BCUT2D eigenvalue weighted by atomic mass is 10.1. The first kappa shape index (κ1) is 16.2. The van der Waals surface area contributed by atoms with Gasteiger partial charge in [0.1, 0.15) is 17.5 Å². The molecule has 0 aliphatic heterocycles. The molecule has 0 aliphatic rings. The molecule has 0 bridgehead atoms. The fourth-order valence-electron chi connectivity index (χ4n) is 2.48. The molecule has 1 aromatic carbocycles. The van der Waals surface area contributed by atoms with Gasteiger partial charge in [-0.25, -0.2) is 14.4 Å². The van der Waals surface area contributed by atoms with Gasteiger partial charge in [0.2, 0.25) is 0 Å². The molecule has 1 aromatic heterocycles. The Morgan fingerprint density at radius 2 is 1.82 bits per heavy atom. The van der Waals surface area contributed by atoms with Crippen LogP contribution in [-0.4, -0.2) is 23.1 Å². The average molecular weight is 302 g/mol. The van der Waals surface area contributed by atoms with Crippen molar-refractivity contribution < 1.29 is 4.39 Å². The molecule has 2 aromatic rings. The van der Waals surface area contributed by atoms with Crippen molar-refractivity contribution in [2.45, 2.75) is 34.2 Å². The molecular formula is C17H23FN4.